The largest absolute Gasteiger partial charge is 0.497 e. The van der Waals surface area contributed by atoms with E-state index in [-0.39, 0.29) is 6.10 Å². The number of hydrogen-bond donors (Lipinski definition) is 1. The van der Waals surface area contributed by atoms with E-state index in [1.54, 1.807) is 7.11 Å². The molecule has 0 spiro atoms. The van der Waals surface area contributed by atoms with Crippen molar-refractivity contribution < 1.29 is 9.47 Å². The third kappa shape index (κ3) is 3.63. The summed E-state index contributed by atoms with van der Waals surface area (Å²) in [5.41, 5.74) is 6.98. The Balaban J connectivity index is 2.14. The van der Waals surface area contributed by atoms with Crippen LogP contribution in [0.15, 0.2) is 18.2 Å². The Morgan fingerprint density at radius 1 is 1.30 bits per heavy atom. The summed E-state index contributed by atoms with van der Waals surface area (Å²) >= 11 is 5.09. The molecule has 1 saturated carbocycles. The second kappa shape index (κ2) is 6.00. The van der Waals surface area contributed by atoms with Gasteiger partial charge < -0.3 is 15.2 Å². The van der Waals surface area contributed by atoms with E-state index in [0.717, 1.165) is 29.9 Å². The molecule has 20 heavy (non-hydrogen) atoms. The maximum atomic E-state index is 6.14. The third-order valence-electron chi connectivity index (χ3n) is 4.03. The van der Waals surface area contributed by atoms with Crippen molar-refractivity contribution in [3.63, 3.8) is 0 Å². The second-order valence-corrected chi connectivity index (χ2v) is 6.65. The van der Waals surface area contributed by atoms with E-state index >= 15 is 0 Å². The standard InChI is InChI=1S/C16H23NO2S/c1-16(2)8-6-11(7-9-16)19-14-10-12(18-3)4-5-13(14)15(17)20/h4-5,10-11H,6-9H2,1-3H3,(H2,17,20). The molecule has 1 aliphatic rings. The van der Waals surface area contributed by atoms with Crippen LogP contribution < -0.4 is 15.2 Å². The van der Waals surface area contributed by atoms with Crippen molar-refractivity contribution in [2.24, 2.45) is 11.1 Å². The van der Waals surface area contributed by atoms with Crippen LogP contribution in [0.2, 0.25) is 0 Å². The molecule has 0 radical (unpaired) electrons. The molecule has 0 aromatic heterocycles. The van der Waals surface area contributed by atoms with Crippen LogP contribution in [-0.2, 0) is 0 Å². The summed E-state index contributed by atoms with van der Waals surface area (Å²) in [6.45, 7) is 4.63. The lowest BCUT2D eigenvalue weighted by Crippen LogP contribution is -2.29. The van der Waals surface area contributed by atoms with E-state index in [2.05, 4.69) is 13.8 Å². The Morgan fingerprint density at radius 3 is 2.50 bits per heavy atom. The number of thiocarbonyl (C=S) groups is 1. The first-order valence-electron chi connectivity index (χ1n) is 7.06. The van der Waals surface area contributed by atoms with Crippen molar-refractivity contribution in [3.05, 3.63) is 23.8 Å². The van der Waals surface area contributed by atoms with Crippen LogP contribution in [0.25, 0.3) is 0 Å². The van der Waals surface area contributed by atoms with Crippen LogP contribution in [-0.4, -0.2) is 18.2 Å². The molecule has 3 nitrogen and oxygen atoms in total. The van der Waals surface area contributed by atoms with Crippen molar-refractivity contribution in [2.75, 3.05) is 7.11 Å². The summed E-state index contributed by atoms with van der Waals surface area (Å²) < 4.78 is 11.4. The summed E-state index contributed by atoms with van der Waals surface area (Å²) in [7, 11) is 1.64. The highest BCUT2D eigenvalue weighted by Gasteiger charge is 2.28. The van der Waals surface area contributed by atoms with Gasteiger partial charge in [0.2, 0.25) is 0 Å². The molecule has 0 unspecified atom stereocenters. The zero-order valence-electron chi connectivity index (χ0n) is 12.4. The quantitative estimate of drug-likeness (QED) is 0.860. The van der Waals surface area contributed by atoms with Gasteiger partial charge in [0.25, 0.3) is 0 Å². The van der Waals surface area contributed by atoms with E-state index in [1.165, 1.54) is 12.8 Å². The molecule has 1 aliphatic carbocycles. The van der Waals surface area contributed by atoms with Gasteiger partial charge in [-0.2, -0.15) is 0 Å². The molecule has 0 atom stereocenters. The molecular formula is C16H23NO2S. The predicted octanol–water partition coefficient (Wildman–Crippen LogP) is 3.68. The van der Waals surface area contributed by atoms with Gasteiger partial charge in [-0.25, -0.2) is 0 Å². The van der Waals surface area contributed by atoms with Crippen molar-refractivity contribution in [1.82, 2.24) is 0 Å². The topological polar surface area (TPSA) is 44.5 Å². The lowest BCUT2D eigenvalue weighted by Gasteiger charge is -2.34. The first-order chi connectivity index (χ1) is 9.41. The number of ether oxygens (including phenoxy) is 2. The molecule has 1 aromatic carbocycles. The Bertz CT molecular complexity index is 489. The molecular weight excluding hydrogens is 270 g/mol. The van der Waals surface area contributed by atoms with Gasteiger partial charge in [-0.1, -0.05) is 26.1 Å². The van der Waals surface area contributed by atoms with Gasteiger partial charge in [0.1, 0.15) is 16.5 Å². The average Bonchev–Trinajstić information content (AvgIpc) is 2.40. The molecule has 0 heterocycles. The second-order valence-electron chi connectivity index (χ2n) is 6.21. The summed E-state index contributed by atoms with van der Waals surface area (Å²) in [5.74, 6) is 1.50. The summed E-state index contributed by atoms with van der Waals surface area (Å²) in [6.07, 6.45) is 4.75. The summed E-state index contributed by atoms with van der Waals surface area (Å²) in [5, 5.41) is 0. The molecule has 1 aromatic rings. The third-order valence-corrected chi connectivity index (χ3v) is 4.25. The van der Waals surface area contributed by atoms with Crippen LogP contribution in [0.5, 0.6) is 11.5 Å². The van der Waals surface area contributed by atoms with E-state index < -0.39 is 0 Å². The summed E-state index contributed by atoms with van der Waals surface area (Å²) in [6, 6.07) is 5.59. The number of hydrogen-bond acceptors (Lipinski definition) is 3. The first-order valence-corrected chi connectivity index (χ1v) is 7.46. The van der Waals surface area contributed by atoms with Crippen molar-refractivity contribution in [3.8, 4) is 11.5 Å². The fraction of sp³-hybridized carbons (Fsp3) is 0.562. The fourth-order valence-electron chi connectivity index (χ4n) is 2.60. The highest BCUT2D eigenvalue weighted by Crippen LogP contribution is 2.37. The van der Waals surface area contributed by atoms with Crippen LogP contribution >= 0.6 is 12.2 Å². The molecule has 0 aliphatic heterocycles. The smallest absolute Gasteiger partial charge is 0.133 e. The zero-order chi connectivity index (χ0) is 14.8. The number of methoxy groups -OCH3 is 1. The molecule has 4 heteroatoms. The van der Waals surface area contributed by atoms with Crippen LogP contribution in [0, 0.1) is 5.41 Å². The Labute approximate surface area is 126 Å². The SMILES string of the molecule is COc1ccc(C(N)=S)c(OC2CCC(C)(C)CC2)c1. The lowest BCUT2D eigenvalue weighted by atomic mass is 9.76. The van der Waals surface area contributed by atoms with Crippen LogP contribution in [0.1, 0.15) is 45.1 Å². The molecule has 2 N–H and O–H groups in total. The Morgan fingerprint density at radius 2 is 1.95 bits per heavy atom. The number of rotatable bonds is 4. The minimum absolute atomic E-state index is 0.239. The van der Waals surface area contributed by atoms with E-state index in [1.807, 2.05) is 18.2 Å². The van der Waals surface area contributed by atoms with Gasteiger partial charge in [0.05, 0.1) is 18.8 Å². The van der Waals surface area contributed by atoms with Crippen molar-refractivity contribution in [1.29, 1.82) is 0 Å². The maximum absolute atomic E-state index is 6.14. The molecule has 1 fully saturated rings. The predicted molar refractivity (Wildman–Crippen MR) is 85.5 cm³/mol. The zero-order valence-corrected chi connectivity index (χ0v) is 13.3. The first kappa shape index (κ1) is 15.1. The maximum Gasteiger partial charge on any atom is 0.133 e. The molecule has 0 amide bonds. The van der Waals surface area contributed by atoms with E-state index in [0.29, 0.717) is 10.4 Å². The monoisotopic (exact) mass is 293 g/mol. The number of nitrogens with two attached hydrogens (primary N) is 1. The molecule has 0 saturated heterocycles. The average molecular weight is 293 g/mol. The van der Waals surface area contributed by atoms with Gasteiger partial charge in [0, 0.05) is 6.07 Å². The molecule has 2 rings (SSSR count). The minimum atomic E-state index is 0.239. The molecule has 0 bridgehead atoms. The van der Waals surface area contributed by atoms with Gasteiger partial charge in [-0.3, -0.25) is 0 Å². The van der Waals surface area contributed by atoms with Gasteiger partial charge in [-0.15, -0.1) is 0 Å². The van der Waals surface area contributed by atoms with E-state index in [9.17, 15) is 0 Å². The summed E-state index contributed by atoms with van der Waals surface area (Å²) in [4.78, 5) is 0.360. The number of benzene rings is 1. The highest BCUT2D eigenvalue weighted by molar-refractivity contribution is 7.80. The van der Waals surface area contributed by atoms with Crippen molar-refractivity contribution in [2.45, 2.75) is 45.6 Å². The molecule has 110 valence electrons. The fourth-order valence-corrected chi connectivity index (χ4v) is 2.77. The Hall–Kier alpha value is -1.29. The van der Waals surface area contributed by atoms with Crippen LogP contribution in [0.4, 0.5) is 0 Å². The van der Waals surface area contributed by atoms with Gasteiger partial charge >= 0.3 is 0 Å². The van der Waals surface area contributed by atoms with Gasteiger partial charge in [-0.05, 0) is 43.2 Å². The lowest BCUT2D eigenvalue weighted by molar-refractivity contribution is 0.0984. The van der Waals surface area contributed by atoms with Gasteiger partial charge in [0.15, 0.2) is 0 Å². The minimum Gasteiger partial charge on any atom is -0.497 e. The van der Waals surface area contributed by atoms with Crippen molar-refractivity contribution >= 4 is 17.2 Å². The normalized spacial score (nSPS) is 18.6. The van der Waals surface area contributed by atoms with E-state index in [4.69, 9.17) is 27.4 Å². The van der Waals surface area contributed by atoms with Crippen LogP contribution in [0.3, 0.4) is 0 Å². The highest BCUT2D eigenvalue weighted by atomic mass is 32.1. The Kier molecular flexibility index (Phi) is 4.53.